The third-order valence-corrected chi connectivity index (χ3v) is 2.67. The van der Waals surface area contributed by atoms with Crippen molar-refractivity contribution in [2.75, 3.05) is 32.8 Å². The van der Waals surface area contributed by atoms with Gasteiger partial charge in [0.2, 0.25) is 0 Å². The molecular weight excluding hydrogens is 221 g/mol. The molecular formula is C10H19F3N2O. The Bertz CT molecular complexity index is 197. The summed E-state index contributed by atoms with van der Waals surface area (Å²) in [5, 5.41) is 3.32. The number of piperidine rings is 1. The van der Waals surface area contributed by atoms with E-state index in [2.05, 4.69) is 10.1 Å². The molecule has 16 heavy (non-hydrogen) atoms. The number of nitrogens with zero attached hydrogens (tertiary/aromatic N) is 1. The normalized spacial score (nSPS) is 23.6. The van der Waals surface area contributed by atoms with E-state index >= 15 is 0 Å². The maximum Gasteiger partial charge on any atom is 0.522 e. The Kier molecular flexibility index (Phi) is 5.51. The lowest BCUT2D eigenvalue weighted by Crippen LogP contribution is -2.46. The van der Waals surface area contributed by atoms with Crippen LogP contribution < -0.4 is 5.32 Å². The number of alkyl halides is 3. The summed E-state index contributed by atoms with van der Waals surface area (Å²) in [5.41, 5.74) is 0. The molecule has 0 aromatic carbocycles. The van der Waals surface area contributed by atoms with Crippen molar-refractivity contribution in [3.63, 3.8) is 0 Å². The standard InChI is InChI=1S/C10H19F3N2O/c1-2-14-9-4-3-5-15(8-9)6-7-16-10(11,12)13/h9,14H,2-8H2,1H3. The van der Waals surface area contributed by atoms with E-state index in [4.69, 9.17) is 0 Å². The van der Waals surface area contributed by atoms with Crippen LogP contribution in [0.4, 0.5) is 13.2 Å². The first-order valence-electron chi connectivity index (χ1n) is 5.67. The molecule has 1 atom stereocenters. The second kappa shape index (κ2) is 6.42. The van der Waals surface area contributed by atoms with Gasteiger partial charge in [-0.3, -0.25) is 9.64 Å². The van der Waals surface area contributed by atoms with Crippen LogP contribution in [0.5, 0.6) is 0 Å². The first-order valence-corrected chi connectivity index (χ1v) is 5.67. The Morgan fingerprint density at radius 1 is 1.44 bits per heavy atom. The Balaban J connectivity index is 2.16. The van der Waals surface area contributed by atoms with Crippen molar-refractivity contribution in [3.8, 4) is 0 Å². The minimum atomic E-state index is -4.50. The van der Waals surface area contributed by atoms with E-state index in [0.29, 0.717) is 12.6 Å². The zero-order valence-electron chi connectivity index (χ0n) is 9.52. The molecule has 1 aliphatic heterocycles. The highest BCUT2D eigenvalue weighted by molar-refractivity contribution is 4.77. The Morgan fingerprint density at radius 2 is 2.19 bits per heavy atom. The zero-order chi connectivity index (χ0) is 12.0. The summed E-state index contributed by atoms with van der Waals surface area (Å²) in [6.07, 6.45) is -2.37. The van der Waals surface area contributed by atoms with Crippen LogP contribution in [0.2, 0.25) is 0 Å². The number of rotatable bonds is 5. The third kappa shape index (κ3) is 5.67. The lowest BCUT2D eigenvalue weighted by molar-refractivity contribution is -0.325. The van der Waals surface area contributed by atoms with Crippen LogP contribution in [0.15, 0.2) is 0 Å². The van der Waals surface area contributed by atoms with E-state index in [1.165, 1.54) is 0 Å². The van der Waals surface area contributed by atoms with Crippen LogP contribution in [-0.2, 0) is 4.74 Å². The maximum atomic E-state index is 11.8. The molecule has 1 N–H and O–H groups in total. The quantitative estimate of drug-likeness (QED) is 0.790. The van der Waals surface area contributed by atoms with Crippen molar-refractivity contribution >= 4 is 0 Å². The fraction of sp³-hybridized carbons (Fsp3) is 1.00. The molecule has 0 radical (unpaired) electrons. The van der Waals surface area contributed by atoms with Crippen molar-refractivity contribution < 1.29 is 17.9 Å². The zero-order valence-corrected chi connectivity index (χ0v) is 9.52. The molecule has 96 valence electrons. The predicted molar refractivity (Wildman–Crippen MR) is 55.1 cm³/mol. The van der Waals surface area contributed by atoms with E-state index in [9.17, 15) is 13.2 Å². The van der Waals surface area contributed by atoms with Crippen LogP contribution in [0, 0.1) is 0 Å². The molecule has 1 aliphatic rings. The van der Waals surface area contributed by atoms with Gasteiger partial charge in [-0.2, -0.15) is 0 Å². The molecule has 1 rings (SSSR count). The highest BCUT2D eigenvalue weighted by Crippen LogP contribution is 2.16. The molecule has 0 aromatic rings. The average molecular weight is 240 g/mol. The van der Waals surface area contributed by atoms with Crippen molar-refractivity contribution in [3.05, 3.63) is 0 Å². The summed E-state index contributed by atoms with van der Waals surface area (Å²) in [6.45, 7) is 4.69. The number of likely N-dealkylation sites (N-methyl/N-ethyl adjacent to an activating group) is 1. The summed E-state index contributed by atoms with van der Waals surface area (Å²) in [6, 6.07) is 0.407. The lowest BCUT2D eigenvalue weighted by atomic mass is 10.1. The molecule has 0 saturated carbocycles. The van der Waals surface area contributed by atoms with Gasteiger partial charge in [-0.25, -0.2) is 0 Å². The van der Waals surface area contributed by atoms with E-state index < -0.39 is 6.36 Å². The van der Waals surface area contributed by atoms with Crippen molar-refractivity contribution in [2.45, 2.75) is 32.2 Å². The van der Waals surface area contributed by atoms with Crippen LogP contribution in [-0.4, -0.2) is 50.1 Å². The minimum Gasteiger partial charge on any atom is -0.313 e. The predicted octanol–water partition coefficient (Wildman–Crippen LogP) is 1.60. The smallest absolute Gasteiger partial charge is 0.313 e. The van der Waals surface area contributed by atoms with Gasteiger partial charge < -0.3 is 5.32 Å². The lowest BCUT2D eigenvalue weighted by Gasteiger charge is -2.32. The number of hydrogen-bond donors (Lipinski definition) is 1. The molecule has 0 bridgehead atoms. The fourth-order valence-electron chi connectivity index (χ4n) is 2.00. The highest BCUT2D eigenvalue weighted by atomic mass is 19.4. The van der Waals surface area contributed by atoms with Gasteiger partial charge in [-0.15, -0.1) is 13.2 Å². The van der Waals surface area contributed by atoms with Gasteiger partial charge >= 0.3 is 6.36 Å². The van der Waals surface area contributed by atoms with Gasteiger partial charge in [0.15, 0.2) is 0 Å². The van der Waals surface area contributed by atoms with Gasteiger partial charge in [0, 0.05) is 19.1 Å². The van der Waals surface area contributed by atoms with Gasteiger partial charge in [0.05, 0.1) is 6.61 Å². The van der Waals surface area contributed by atoms with Crippen molar-refractivity contribution in [1.29, 1.82) is 0 Å². The summed E-state index contributed by atoms with van der Waals surface area (Å²) >= 11 is 0. The first kappa shape index (κ1) is 13.7. The van der Waals surface area contributed by atoms with E-state index in [0.717, 1.165) is 32.5 Å². The fourth-order valence-corrected chi connectivity index (χ4v) is 2.00. The average Bonchev–Trinajstić information content (AvgIpc) is 2.17. The molecule has 1 saturated heterocycles. The first-order chi connectivity index (χ1) is 7.51. The number of halogens is 3. The Labute approximate surface area is 93.9 Å². The molecule has 3 nitrogen and oxygen atoms in total. The van der Waals surface area contributed by atoms with E-state index in [1.54, 1.807) is 0 Å². The molecule has 1 unspecified atom stereocenters. The van der Waals surface area contributed by atoms with Gasteiger partial charge in [0.25, 0.3) is 0 Å². The number of likely N-dealkylation sites (tertiary alicyclic amines) is 1. The molecule has 0 spiro atoms. The molecule has 0 aliphatic carbocycles. The van der Waals surface area contributed by atoms with Crippen LogP contribution in [0.3, 0.4) is 0 Å². The SMILES string of the molecule is CCNC1CCCN(CCOC(F)(F)F)C1. The molecule has 1 heterocycles. The summed E-state index contributed by atoms with van der Waals surface area (Å²) < 4.78 is 39.0. The minimum absolute atomic E-state index is 0.275. The summed E-state index contributed by atoms with van der Waals surface area (Å²) in [5.74, 6) is 0. The second-order valence-corrected chi connectivity index (χ2v) is 3.99. The number of ether oxygens (including phenoxy) is 1. The number of hydrogen-bond acceptors (Lipinski definition) is 3. The third-order valence-electron chi connectivity index (χ3n) is 2.67. The number of nitrogens with one attached hydrogen (secondary N) is 1. The van der Waals surface area contributed by atoms with Crippen molar-refractivity contribution in [1.82, 2.24) is 10.2 Å². The summed E-state index contributed by atoms with van der Waals surface area (Å²) in [4.78, 5) is 2.02. The Hall–Kier alpha value is -0.330. The van der Waals surface area contributed by atoms with Crippen LogP contribution >= 0.6 is 0 Å². The second-order valence-electron chi connectivity index (χ2n) is 3.99. The highest BCUT2D eigenvalue weighted by Gasteiger charge is 2.29. The maximum absolute atomic E-state index is 11.8. The van der Waals surface area contributed by atoms with Gasteiger partial charge in [-0.05, 0) is 25.9 Å². The van der Waals surface area contributed by atoms with E-state index in [1.807, 2.05) is 11.8 Å². The Morgan fingerprint density at radius 3 is 2.81 bits per heavy atom. The summed E-state index contributed by atoms with van der Waals surface area (Å²) in [7, 11) is 0. The van der Waals surface area contributed by atoms with Gasteiger partial charge in [0.1, 0.15) is 0 Å². The largest absolute Gasteiger partial charge is 0.522 e. The molecule has 0 aromatic heterocycles. The molecule has 6 heteroatoms. The van der Waals surface area contributed by atoms with Crippen LogP contribution in [0.1, 0.15) is 19.8 Å². The van der Waals surface area contributed by atoms with Crippen LogP contribution in [0.25, 0.3) is 0 Å². The van der Waals surface area contributed by atoms with Crippen molar-refractivity contribution in [2.24, 2.45) is 0 Å². The van der Waals surface area contributed by atoms with E-state index in [-0.39, 0.29) is 6.61 Å². The molecule has 1 fully saturated rings. The monoisotopic (exact) mass is 240 g/mol. The topological polar surface area (TPSA) is 24.5 Å². The van der Waals surface area contributed by atoms with Gasteiger partial charge in [-0.1, -0.05) is 6.92 Å². The molecule has 0 amide bonds.